The smallest absolute Gasteiger partial charge is 0.243 e. The van der Waals surface area contributed by atoms with Gasteiger partial charge >= 0.3 is 0 Å². The third kappa shape index (κ3) is 3.84. The Bertz CT molecular complexity index is 1020. The summed E-state index contributed by atoms with van der Waals surface area (Å²) in [6.07, 6.45) is 0. The highest BCUT2D eigenvalue weighted by Gasteiger charge is 2.34. The van der Waals surface area contributed by atoms with Crippen molar-refractivity contribution in [1.29, 1.82) is 0 Å². The van der Waals surface area contributed by atoms with Gasteiger partial charge in [-0.25, -0.2) is 21.2 Å². The van der Waals surface area contributed by atoms with Gasteiger partial charge in [-0.2, -0.15) is 8.61 Å². The van der Waals surface area contributed by atoms with Crippen LogP contribution >= 0.6 is 0 Å². The van der Waals surface area contributed by atoms with Crippen LogP contribution in [0.4, 0.5) is 4.39 Å². The molecule has 0 atom stereocenters. The minimum Gasteiger partial charge on any atom is -0.494 e. The van der Waals surface area contributed by atoms with Crippen LogP contribution in [0.3, 0.4) is 0 Å². The van der Waals surface area contributed by atoms with Gasteiger partial charge in [0.2, 0.25) is 20.0 Å². The maximum Gasteiger partial charge on any atom is 0.243 e. The van der Waals surface area contributed by atoms with Gasteiger partial charge in [-0.15, -0.1) is 0 Å². The van der Waals surface area contributed by atoms with Crippen LogP contribution in [0.5, 0.6) is 5.75 Å². The minimum absolute atomic E-state index is 0.0119. The Morgan fingerprint density at radius 3 is 1.81 bits per heavy atom. The first-order valence-electron chi connectivity index (χ1n) is 8.16. The summed E-state index contributed by atoms with van der Waals surface area (Å²) in [6.45, 7) is 0.0221. The summed E-state index contributed by atoms with van der Waals surface area (Å²) in [5, 5.41) is 0. The molecule has 1 heterocycles. The van der Waals surface area contributed by atoms with Crippen molar-refractivity contribution in [3.05, 3.63) is 54.3 Å². The number of methoxy groups -OCH3 is 1. The highest BCUT2D eigenvalue weighted by atomic mass is 32.2. The Hall–Kier alpha value is -2.01. The SMILES string of the molecule is COc1ccc(S(=O)(=O)N2CCN(S(=O)(=O)c3ccccc3)CC2)cc1F. The van der Waals surface area contributed by atoms with E-state index in [4.69, 9.17) is 4.74 Å². The van der Waals surface area contributed by atoms with Gasteiger partial charge in [-0.3, -0.25) is 0 Å². The van der Waals surface area contributed by atoms with E-state index in [0.29, 0.717) is 0 Å². The third-order valence-electron chi connectivity index (χ3n) is 4.34. The van der Waals surface area contributed by atoms with E-state index in [1.807, 2.05) is 0 Å². The zero-order valence-corrected chi connectivity index (χ0v) is 16.2. The molecule has 0 unspecified atom stereocenters. The van der Waals surface area contributed by atoms with Crippen molar-refractivity contribution >= 4 is 20.0 Å². The predicted octanol–water partition coefficient (Wildman–Crippen LogP) is 1.53. The number of sulfonamides is 2. The molecule has 3 rings (SSSR count). The molecular formula is C17H19FN2O5S2. The molecule has 0 N–H and O–H groups in total. The fourth-order valence-electron chi connectivity index (χ4n) is 2.85. The lowest BCUT2D eigenvalue weighted by Crippen LogP contribution is -2.50. The summed E-state index contributed by atoms with van der Waals surface area (Å²) in [7, 11) is -6.31. The van der Waals surface area contributed by atoms with Crippen molar-refractivity contribution in [1.82, 2.24) is 8.61 Å². The number of hydrogen-bond donors (Lipinski definition) is 0. The zero-order valence-electron chi connectivity index (χ0n) is 14.6. The average molecular weight is 414 g/mol. The highest BCUT2D eigenvalue weighted by Crippen LogP contribution is 2.25. The molecule has 0 saturated carbocycles. The first kappa shape index (κ1) is 19.7. The largest absolute Gasteiger partial charge is 0.494 e. The van der Waals surface area contributed by atoms with Crippen molar-refractivity contribution in [2.24, 2.45) is 0 Å². The summed E-state index contributed by atoms with van der Waals surface area (Å²) in [5.74, 6) is -0.823. The van der Waals surface area contributed by atoms with Crippen molar-refractivity contribution in [3.8, 4) is 5.75 Å². The summed E-state index contributed by atoms with van der Waals surface area (Å²) in [4.78, 5) is -0.0290. The molecule has 7 nitrogen and oxygen atoms in total. The van der Waals surface area contributed by atoms with E-state index in [0.717, 1.165) is 10.4 Å². The molecule has 1 fully saturated rings. The van der Waals surface area contributed by atoms with Crippen LogP contribution in [0.15, 0.2) is 58.3 Å². The highest BCUT2D eigenvalue weighted by molar-refractivity contribution is 7.89. The van der Waals surface area contributed by atoms with Crippen LogP contribution in [-0.4, -0.2) is 58.7 Å². The van der Waals surface area contributed by atoms with Gasteiger partial charge in [0.05, 0.1) is 16.9 Å². The number of rotatable bonds is 5. The van der Waals surface area contributed by atoms with E-state index in [1.54, 1.807) is 18.2 Å². The summed E-state index contributed by atoms with van der Waals surface area (Å²) < 4.78 is 71.7. The second-order valence-corrected chi connectivity index (χ2v) is 9.79. The van der Waals surface area contributed by atoms with Gasteiger partial charge < -0.3 is 4.74 Å². The van der Waals surface area contributed by atoms with Crippen LogP contribution in [0.25, 0.3) is 0 Å². The second-order valence-electron chi connectivity index (χ2n) is 5.92. The third-order valence-corrected chi connectivity index (χ3v) is 8.15. The Morgan fingerprint density at radius 1 is 0.815 bits per heavy atom. The van der Waals surface area contributed by atoms with E-state index in [9.17, 15) is 21.2 Å². The van der Waals surface area contributed by atoms with E-state index in [1.165, 1.54) is 35.7 Å². The topological polar surface area (TPSA) is 84.0 Å². The van der Waals surface area contributed by atoms with Gasteiger partial charge in [-0.05, 0) is 30.3 Å². The van der Waals surface area contributed by atoms with Gasteiger partial charge in [0.15, 0.2) is 11.6 Å². The number of hydrogen-bond acceptors (Lipinski definition) is 5. The van der Waals surface area contributed by atoms with Crippen LogP contribution in [0, 0.1) is 5.82 Å². The molecule has 27 heavy (non-hydrogen) atoms. The molecule has 1 aliphatic heterocycles. The molecule has 0 bridgehead atoms. The lowest BCUT2D eigenvalue weighted by Gasteiger charge is -2.33. The van der Waals surface area contributed by atoms with Gasteiger partial charge in [-0.1, -0.05) is 18.2 Å². The number of halogens is 1. The minimum atomic E-state index is -3.93. The molecule has 0 radical (unpaired) electrons. The maximum atomic E-state index is 13.9. The molecule has 0 aliphatic carbocycles. The first-order valence-corrected chi connectivity index (χ1v) is 11.0. The lowest BCUT2D eigenvalue weighted by molar-refractivity contribution is 0.272. The van der Waals surface area contributed by atoms with Gasteiger partial charge in [0, 0.05) is 26.2 Å². The Morgan fingerprint density at radius 2 is 1.33 bits per heavy atom. The molecule has 146 valence electrons. The van der Waals surface area contributed by atoms with Crippen LogP contribution in [-0.2, 0) is 20.0 Å². The molecule has 10 heteroatoms. The molecule has 1 aliphatic rings. The molecular weight excluding hydrogens is 395 g/mol. The first-order chi connectivity index (χ1) is 12.8. The number of benzene rings is 2. The number of ether oxygens (including phenoxy) is 1. The molecule has 0 spiro atoms. The molecule has 0 aromatic heterocycles. The quantitative estimate of drug-likeness (QED) is 0.741. The molecule has 2 aromatic rings. The lowest BCUT2D eigenvalue weighted by atomic mass is 10.3. The van der Waals surface area contributed by atoms with Crippen molar-refractivity contribution in [2.75, 3.05) is 33.3 Å². The molecule has 0 amide bonds. The van der Waals surface area contributed by atoms with E-state index in [2.05, 4.69) is 0 Å². The van der Waals surface area contributed by atoms with E-state index < -0.39 is 25.9 Å². The van der Waals surface area contributed by atoms with Crippen molar-refractivity contribution in [2.45, 2.75) is 9.79 Å². The van der Waals surface area contributed by atoms with Gasteiger partial charge in [0.25, 0.3) is 0 Å². The van der Waals surface area contributed by atoms with Crippen LogP contribution < -0.4 is 4.74 Å². The summed E-state index contributed by atoms with van der Waals surface area (Å²) in [5.41, 5.74) is 0. The van der Waals surface area contributed by atoms with E-state index >= 15 is 0 Å². The van der Waals surface area contributed by atoms with Gasteiger partial charge in [0.1, 0.15) is 0 Å². The molecule has 2 aromatic carbocycles. The van der Waals surface area contributed by atoms with Crippen LogP contribution in [0.1, 0.15) is 0 Å². The predicted molar refractivity (Wildman–Crippen MR) is 96.9 cm³/mol. The number of piperazine rings is 1. The Balaban J connectivity index is 1.76. The Kier molecular flexibility index (Phi) is 5.52. The fourth-order valence-corrected chi connectivity index (χ4v) is 5.73. The fraction of sp³-hybridized carbons (Fsp3) is 0.294. The van der Waals surface area contributed by atoms with Crippen molar-refractivity contribution < 1.29 is 26.0 Å². The Labute approximate surface area is 158 Å². The normalized spacial score (nSPS) is 17.0. The average Bonchev–Trinajstić information content (AvgIpc) is 2.68. The van der Waals surface area contributed by atoms with E-state index in [-0.39, 0.29) is 41.7 Å². The zero-order chi connectivity index (χ0) is 19.7. The number of nitrogens with zero attached hydrogens (tertiary/aromatic N) is 2. The standard InChI is InChI=1S/C17H19FN2O5S2/c1-25-17-8-7-15(13-16(17)18)27(23,24)20-11-9-19(10-12-20)26(21,22)14-5-3-2-4-6-14/h2-8,13H,9-12H2,1H3. The summed E-state index contributed by atoms with van der Waals surface area (Å²) in [6, 6.07) is 11.4. The summed E-state index contributed by atoms with van der Waals surface area (Å²) >= 11 is 0. The monoisotopic (exact) mass is 414 g/mol. The maximum absolute atomic E-state index is 13.9. The second kappa shape index (κ2) is 7.55. The molecule has 1 saturated heterocycles. The van der Waals surface area contributed by atoms with Crippen LogP contribution in [0.2, 0.25) is 0 Å². The van der Waals surface area contributed by atoms with Crippen molar-refractivity contribution in [3.63, 3.8) is 0 Å².